The molecule has 4 nitrogen and oxygen atoms in total. The molecule has 2 aliphatic heterocycles. The van der Waals surface area contributed by atoms with Gasteiger partial charge in [-0.2, -0.15) is 0 Å². The van der Waals surface area contributed by atoms with Crippen molar-refractivity contribution in [2.45, 2.75) is 18.9 Å². The van der Waals surface area contributed by atoms with Crippen LogP contribution >= 0.6 is 0 Å². The van der Waals surface area contributed by atoms with Crippen molar-refractivity contribution in [1.82, 2.24) is 9.80 Å². The van der Waals surface area contributed by atoms with Crippen molar-refractivity contribution in [2.24, 2.45) is 5.73 Å². The third kappa shape index (κ3) is 2.00. The Morgan fingerprint density at radius 3 is 3.00 bits per heavy atom. The Morgan fingerprint density at radius 1 is 1.38 bits per heavy atom. The fourth-order valence-electron chi connectivity index (χ4n) is 2.44. The number of piperazine rings is 1. The van der Waals surface area contributed by atoms with Crippen LogP contribution in [0.1, 0.15) is 12.8 Å². The standard InChI is InChI=1S/C9H18N4/c10-9(11)7-12-4-5-13-3-1-2-8(13)6-12/h8H,1-7H2,(H3,10,11). The van der Waals surface area contributed by atoms with E-state index in [1.165, 1.54) is 19.4 Å². The predicted octanol–water partition coefficient (Wildman–Crippen LogP) is -0.298. The summed E-state index contributed by atoms with van der Waals surface area (Å²) in [5.41, 5.74) is 5.39. The molecule has 0 saturated carbocycles. The molecule has 1 atom stereocenters. The number of nitrogens with one attached hydrogen (secondary N) is 1. The number of hydrogen-bond donors (Lipinski definition) is 2. The molecule has 0 aliphatic carbocycles. The van der Waals surface area contributed by atoms with Crippen LogP contribution in [0.5, 0.6) is 0 Å². The molecule has 0 aromatic heterocycles. The van der Waals surface area contributed by atoms with Crippen molar-refractivity contribution >= 4 is 5.84 Å². The first-order valence-corrected chi connectivity index (χ1v) is 5.05. The summed E-state index contributed by atoms with van der Waals surface area (Å²) < 4.78 is 0. The van der Waals surface area contributed by atoms with Gasteiger partial charge < -0.3 is 5.73 Å². The largest absolute Gasteiger partial charge is 0.387 e. The Kier molecular flexibility index (Phi) is 2.51. The molecule has 1 unspecified atom stereocenters. The monoisotopic (exact) mass is 182 g/mol. The van der Waals surface area contributed by atoms with Crippen LogP contribution in [-0.2, 0) is 0 Å². The van der Waals surface area contributed by atoms with Crippen LogP contribution in [0.2, 0.25) is 0 Å². The lowest BCUT2D eigenvalue weighted by molar-refractivity contribution is 0.116. The van der Waals surface area contributed by atoms with Crippen molar-refractivity contribution in [3.8, 4) is 0 Å². The molecule has 2 saturated heterocycles. The molecule has 13 heavy (non-hydrogen) atoms. The third-order valence-corrected chi connectivity index (χ3v) is 3.07. The van der Waals surface area contributed by atoms with E-state index >= 15 is 0 Å². The maximum absolute atomic E-state index is 7.24. The van der Waals surface area contributed by atoms with E-state index in [1.54, 1.807) is 0 Å². The van der Waals surface area contributed by atoms with Gasteiger partial charge in [-0.15, -0.1) is 0 Å². The fourth-order valence-corrected chi connectivity index (χ4v) is 2.44. The summed E-state index contributed by atoms with van der Waals surface area (Å²) in [5, 5.41) is 7.24. The van der Waals surface area contributed by atoms with Crippen molar-refractivity contribution in [3.05, 3.63) is 0 Å². The number of nitrogens with two attached hydrogens (primary N) is 1. The average Bonchev–Trinajstić information content (AvgIpc) is 2.49. The summed E-state index contributed by atoms with van der Waals surface area (Å²) in [4.78, 5) is 4.87. The van der Waals surface area contributed by atoms with E-state index in [9.17, 15) is 0 Å². The van der Waals surface area contributed by atoms with E-state index in [2.05, 4.69) is 9.80 Å². The van der Waals surface area contributed by atoms with Gasteiger partial charge in [-0.3, -0.25) is 15.2 Å². The second-order valence-corrected chi connectivity index (χ2v) is 4.09. The topological polar surface area (TPSA) is 56.4 Å². The Balaban J connectivity index is 1.86. The van der Waals surface area contributed by atoms with Crippen molar-refractivity contribution in [2.75, 3.05) is 32.7 Å². The molecule has 0 radical (unpaired) electrons. The van der Waals surface area contributed by atoms with Crippen LogP contribution in [0.15, 0.2) is 0 Å². The number of amidine groups is 1. The van der Waals surface area contributed by atoms with E-state index in [4.69, 9.17) is 11.1 Å². The summed E-state index contributed by atoms with van der Waals surface area (Å²) >= 11 is 0. The molecular weight excluding hydrogens is 164 g/mol. The zero-order chi connectivity index (χ0) is 9.26. The quantitative estimate of drug-likeness (QED) is 0.455. The van der Waals surface area contributed by atoms with Crippen LogP contribution in [0.3, 0.4) is 0 Å². The van der Waals surface area contributed by atoms with Crippen LogP contribution < -0.4 is 5.73 Å². The van der Waals surface area contributed by atoms with Gasteiger partial charge in [0.15, 0.2) is 0 Å². The first-order chi connectivity index (χ1) is 6.25. The summed E-state index contributed by atoms with van der Waals surface area (Å²) in [6, 6.07) is 0.744. The lowest BCUT2D eigenvalue weighted by Crippen LogP contribution is -2.51. The Labute approximate surface area is 79.2 Å². The molecule has 4 heteroatoms. The summed E-state index contributed by atoms with van der Waals surface area (Å²) in [6.07, 6.45) is 2.67. The van der Waals surface area contributed by atoms with Gasteiger partial charge in [-0.25, -0.2) is 0 Å². The molecule has 3 N–H and O–H groups in total. The molecule has 0 amide bonds. The summed E-state index contributed by atoms with van der Waals surface area (Å²) in [7, 11) is 0. The number of fused-ring (bicyclic) bond motifs is 1. The Morgan fingerprint density at radius 2 is 2.23 bits per heavy atom. The van der Waals surface area contributed by atoms with E-state index in [0.29, 0.717) is 12.4 Å². The molecule has 0 aromatic carbocycles. The minimum absolute atomic E-state index is 0.298. The van der Waals surface area contributed by atoms with Gasteiger partial charge in [-0.1, -0.05) is 0 Å². The van der Waals surface area contributed by atoms with Crippen molar-refractivity contribution in [3.63, 3.8) is 0 Å². The zero-order valence-corrected chi connectivity index (χ0v) is 8.00. The SMILES string of the molecule is N=C(N)CN1CCN2CCCC2C1. The lowest BCUT2D eigenvalue weighted by Gasteiger charge is -2.37. The maximum atomic E-state index is 7.24. The second kappa shape index (κ2) is 3.64. The van der Waals surface area contributed by atoms with Crippen LogP contribution in [0, 0.1) is 5.41 Å². The van der Waals surface area contributed by atoms with Gasteiger partial charge >= 0.3 is 0 Å². The smallest absolute Gasteiger partial charge is 0.105 e. The average molecular weight is 182 g/mol. The highest BCUT2D eigenvalue weighted by Gasteiger charge is 2.30. The van der Waals surface area contributed by atoms with Gasteiger partial charge in [0.2, 0.25) is 0 Å². The van der Waals surface area contributed by atoms with Crippen LogP contribution in [0.25, 0.3) is 0 Å². The molecule has 0 spiro atoms. The molecular formula is C9H18N4. The zero-order valence-electron chi connectivity index (χ0n) is 8.00. The van der Waals surface area contributed by atoms with Gasteiger partial charge in [-0.05, 0) is 19.4 Å². The molecule has 2 heterocycles. The summed E-state index contributed by atoms with van der Waals surface area (Å²) in [5.74, 6) is 0.298. The maximum Gasteiger partial charge on any atom is 0.105 e. The number of rotatable bonds is 2. The molecule has 2 fully saturated rings. The van der Waals surface area contributed by atoms with E-state index in [-0.39, 0.29) is 0 Å². The second-order valence-electron chi connectivity index (χ2n) is 4.09. The van der Waals surface area contributed by atoms with Crippen molar-refractivity contribution < 1.29 is 0 Å². The highest BCUT2D eigenvalue weighted by molar-refractivity contribution is 5.78. The number of nitrogens with zero attached hydrogens (tertiary/aromatic N) is 2. The predicted molar refractivity (Wildman–Crippen MR) is 52.9 cm³/mol. The molecule has 0 bridgehead atoms. The van der Waals surface area contributed by atoms with Crippen LogP contribution in [0.4, 0.5) is 0 Å². The van der Waals surface area contributed by atoms with Crippen LogP contribution in [-0.4, -0.2) is 54.4 Å². The minimum atomic E-state index is 0.298. The highest BCUT2D eigenvalue weighted by atomic mass is 15.3. The van der Waals surface area contributed by atoms with Gasteiger partial charge in [0.05, 0.1) is 6.54 Å². The van der Waals surface area contributed by atoms with Crippen molar-refractivity contribution in [1.29, 1.82) is 5.41 Å². The Bertz CT molecular complexity index is 204. The van der Waals surface area contributed by atoms with E-state index in [1.807, 2.05) is 0 Å². The Hall–Kier alpha value is -0.610. The minimum Gasteiger partial charge on any atom is -0.387 e. The normalized spacial score (nSPS) is 30.3. The fraction of sp³-hybridized carbons (Fsp3) is 0.889. The molecule has 2 rings (SSSR count). The number of hydrogen-bond acceptors (Lipinski definition) is 3. The van der Waals surface area contributed by atoms with E-state index < -0.39 is 0 Å². The lowest BCUT2D eigenvalue weighted by atomic mass is 10.1. The van der Waals surface area contributed by atoms with Gasteiger partial charge in [0, 0.05) is 25.7 Å². The van der Waals surface area contributed by atoms with E-state index in [0.717, 1.165) is 25.7 Å². The molecule has 0 aromatic rings. The summed E-state index contributed by atoms with van der Waals surface area (Å²) in [6.45, 7) is 5.29. The third-order valence-electron chi connectivity index (χ3n) is 3.07. The highest BCUT2D eigenvalue weighted by Crippen LogP contribution is 2.20. The first kappa shape index (κ1) is 8.97. The molecule has 2 aliphatic rings. The molecule has 74 valence electrons. The van der Waals surface area contributed by atoms with Gasteiger partial charge in [0.1, 0.15) is 5.84 Å². The van der Waals surface area contributed by atoms with Gasteiger partial charge in [0.25, 0.3) is 0 Å². The first-order valence-electron chi connectivity index (χ1n) is 5.05.